The fourth-order valence-corrected chi connectivity index (χ4v) is 3.80. The number of halogens is 1. The van der Waals surface area contributed by atoms with E-state index in [2.05, 4.69) is 10.3 Å². The number of pyridine rings is 1. The van der Waals surface area contributed by atoms with Crippen molar-refractivity contribution in [3.05, 3.63) is 75.9 Å². The molecule has 1 aliphatic rings. The fourth-order valence-electron chi connectivity index (χ4n) is 3.64. The summed E-state index contributed by atoms with van der Waals surface area (Å²) in [6.45, 7) is 5.69. The quantitative estimate of drug-likeness (QED) is 0.642. The molecule has 1 N–H and O–H groups in total. The minimum atomic E-state index is -0.383. The first-order valence-electron chi connectivity index (χ1n) is 9.45. The topological polar surface area (TPSA) is 71.5 Å². The van der Waals surface area contributed by atoms with Crippen LogP contribution in [-0.4, -0.2) is 23.3 Å². The van der Waals surface area contributed by atoms with Crippen LogP contribution in [-0.2, 0) is 4.79 Å². The third-order valence-electron chi connectivity index (χ3n) is 4.91. The van der Waals surface area contributed by atoms with Crippen molar-refractivity contribution in [3.63, 3.8) is 0 Å². The first kappa shape index (κ1) is 19.9. The standard InChI is InChI=1S/C23H20ClN3O3/c1-13-9-14(2)21(15(3)10-13)26-20(28)12-27-18-11-16(24)6-7-19(18)30-22-17(23(27)29)5-4-8-25-22/h4-11H,12H2,1-3H3,(H,26,28). The second-order valence-electron chi connectivity index (χ2n) is 7.28. The smallest absolute Gasteiger partial charge is 0.264 e. The monoisotopic (exact) mass is 421 g/mol. The van der Waals surface area contributed by atoms with Crippen LogP contribution in [0.2, 0.25) is 5.02 Å². The van der Waals surface area contributed by atoms with Crippen molar-refractivity contribution >= 4 is 34.8 Å². The van der Waals surface area contributed by atoms with Crippen LogP contribution in [0.5, 0.6) is 11.6 Å². The number of nitrogens with one attached hydrogen (secondary N) is 1. The first-order chi connectivity index (χ1) is 14.3. The van der Waals surface area contributed by atoms with Gasteiger partial charge in [-0.05, 0) is 62.2 Å². The number of aromatic nitrogens is 1. The van der Waals surface area contributed by atoms with E-state index in [0.717, 1.165) is 22.4 Å². The predicted octanol–water partition coefficient (Wildman–Crippen LogP) is 5.05. The summed E-state index contributed by atoms with van der Waals surface area (Å²) in [5.74, 6) is -0.108. The number of aryl methyl sites for hydroxylation is 3. The molecule has 0 bridgehead atoms. The molecule has 1 aliphatic heterocycles. The lowest BCUT2D eigenvalue weighted by Gasteiger charge is -2.22. The molecule has 3 aromatic rings. The highest BCUT2D eigenvalue weighted by Gasteiger charge is 2.30. The lowest BCUT2D eigenvalue weighted by atomic mass is 10.1. The van der Waals surface area contributed by atoms with Crippen molar-refractivity contribution in [1.82, 2.24) is 4.98 Å². The maximum atomic E-state index is 13.3. The van der Waals surface area contributed by atoms with E-state index >= 15 is 0 Å². The highest BCUT2D eigenvalue weighted by molar-refractivity contribution is 6.31. The number of carbonyl (C=O) groups is 2. The number of hydrogen-bond donors (Lipinski definition) is 1. The Morgan fingerprint density at radius 1 is 1.13 bits per heavy atom. The number of anilines is 2. The number of nitrogens with zero attached hydrogens (tertiary/aromatic N) is 2. The largest absolute Gasteiger partial charge is 0.436 e. The summed E-state index contributed by atoms with van der Waals surface area (Å²) in [7, 11) is 0. The number of rotatable bonds is 3. The van der Waals surface area contributed by atoms with Gasteiger partial charge < -0.3 is 10.1 Å². The van der Waals surface area contributed by atoms with Gasteiger partial charge in [0.2, 0.25) is 11.8 Å². The summed E-state index contributed by atoms with van der Waals surface area (Å²) in [5, 5.41) is 3.37. The lowest BCUT2D eigenvalue weighted by Crippen LogP contribution is -2.38. The molecule has 4 rings (SSSR count). The zero-order valence-corrected chi connectivity index (χ0v) is 17.6. The molecule has 2 aromatic carbocycles. The molecular formula is C23H20ClN3O3. The van der Waals surface area contributed by atoms with Gasteiger partial charge in [0.25, 0.3) is 5.91 Å². The SMILES string of the molecule is Cc1cc(C)c(NC(=O)CN2C(=O)c3cccnc3Oc3ccc(Cl)cc32)c(C)c1. The normalized spacial score (nSPS) is 12.5. The number of amides is 2. The number of carbonyl (C=O) groups excluding carboxylic acids is 2. The second-order valence-corrected chi connectivity index (χ2v) is 7.72. The molecule has 0 fully saturated rings. The van der Waals surface area contributed by atoms with Crippen LogP contribution in [0.25, 0.3) is 0 Å². The number of hydrogen-bond acceptors (Lipinski definition) is 4. The van der Waals surface area contributed by atoms with Crippen LogP contribution in [0, 0.1) is 20.8 Å². The first-order valence-corrected chi connectivity index (χ1v) is 9.83. The van der Waals surface area contributed by atoms with Crippen LogP contribution < -0.4 is 15.0 Å². The van der Waals surface area contributed by atoms with Crippen LogP contribution in [0.4, 0.5) is 11.4 Å². The summed E-state index contributed by atoms with van der Waals surface area (Å²) < 4.78 is 5.85. The Hall–Kier alpha value is -3.38. The van der Waals surface area contributed by atoms with Gasteiger partial charge in [-0.15, -0.1) is 0 Å². The van der Waals surface area contributed by atoms with Gasteiger partial charge in [-0.2, -0.15) is 0 Å². The van der Waals surface area contributed by atoms with Crippen molar-refractivity contribution in [2.75, 3.05) is 16.8 Å². The maximum absolute atomic E-state index is 13.3. The zero-order valence-electron chi connectivity index (χ0n) is 16.8. The molecule has 0 saturated carbocycles. The van der Waals surface area contributed by atoms with Crippen LogP contribution >= 0.6 is 11.6 Å². The molecule has 152 valence electrons. The van der Waals surface area contributed by atoms with E-state index in [1.165, 1.54) is 4.90 Å². The van der Waals surface area contributed by atoms with E-state index in [1.54, 1.807) is 36.5 Å². The molecule has 0 saturated heterocycles. The highest BCUT2D eigenvalue weighted by Crippen LogP contribution is 2.39. The summed E-state index contributed by atoms with van der Waals surface area (Å²) in [6, 6.07) is 12.2. The Morgan fingerprint density at radius 2 is 1.87 bits per heavy atom. The van der Waals surface area contributed by atoms with Crippen LogP contribution in [0.1, 0.15) is 27.0 Å². The Labute approximate surface area is 179 Å². The molecule has 0 unspecified atom stereocenters. The van der Waals surface area contributed by atoms with Crippen molar-refractivity contribution in [1.29, 1.82) is 0 Å². The van der Waals surface area contributed by atoms with E-state index < -0.39 is 0 Å². The van der Waals surface area contributed by atoms with Gasteiger partial charge in [0, 0.05) is 16.9 Å². The zero-order chi connectivity index (χ0) is 21.4. The molecule has 2 heterocycles. The van der Waals surface area contributed by atoms with E-state index in [4.69, 9.17) is 16.3 Å². The predicted molar refractivity (Wildman–Crippen MR) is 117 cm³/mol. The molecule has 30 heavy (non-hydrogen) atoms. The number of fused-ring (bicyclic) bond motifs is 2. The molecule has 6 nitrogen and oxygen atoms in total. The van der Waals surface area contributed by atoms with Gasteiger partial charge in [-0.1, -0.05) is 29.3 Å². The molecule has 2 amide bonds. The van der Waals surface area contributed by atoms with Crippen LogP contribution in [0.3, 0.4) is 0 Å². The van der Waals surface area contributed by atoms with E-state index in [9.17, 15) is 9.59 Å². The van der Waals surface area contributed by atoms with Gasteiger partial charge in [0.05, 0.1) is 5.69 Å². The van der Waals surface area contributed by atoms with Crippen molar-refractivity contribution in [2.45, 2.75) is 20.8 Å². The van der Waals surface area contributed by atoms with E-state index in [0.29, 0.717) is 16.5 Å². The van der Waals surface area contributed by atoms with E-state index in [-0.39, 0.29) is 29.8 Å². The fraction of sp³-hybridized carbons (Fsp3) is 0.174. The summed E-state index contributed by atoms with van der Waals surface area (Å²) >= 11 is 6.17. The molecule has 1 aromatic heterocycles. The average Bonchev–Trinajstić information content (AvgIpc) is 2.80. The molecular weight excluding hydrogens is 402 g/mol. The molecule has 0 radical (unpaired) electrons. The third-order valence-corrected chi connectivity index (χ3v) is 5.14. The third kappa shape index (κ3) is 3.74. The minimum absolute atomic E-state index is 0.194. The number of ether oxygens (including phenoxy) is 1. The second kappa shape index (κ2) is 7.80. The molecule has 7 heteroatoms. The summed E-state index contributed by atoms with van der Waals surface area (Å²) in [4.78, 5) is 31.7. The average molecular weight is 422 g/mol. The summed E-state index contributed by atoms with van der Waals surface area (Å²) in [6.07, 6.45) is 1.55. The van der Waals surface area contributed by atoms with Gasteiger partial charge in [0.15, 0.2) is 5.75 Å². The van der Waals surface area contributed by atoms with Gasteiger partial charge in [-0.3, -0.25) is 14.5 Å². The lowest BCUT2D eigenvalue weighted by molar-refractivity contribution is -0.114. The van der Waals surface area contributed by atoms with Crippen molar-refractivity contribution in [3.8, 4) is 11.6 Å². The van der Waals surface area contributed by atoms with Crippen molar-refractivity contribution < 1.29 is 14.3 Å². The Bertz CT molecular complexity index is 1150. The molecule has 0 aliphatic carbocycles. The maximum Gasteiger partial charge on any atom is 0.264 e. The Morgan fingerprint density at radius 3 is 2.60 bits per heavy atom. The van der Waals surface area contributed by atoms with Crippen LogP contribution in [0.15, 0.2) is 48.7 Å². The van der Waals surface area contributed by atoms with Crippen molar-refractivity contribution in [2.24, 2.45) is 0 Å². The molecule has 0 spiro atoms. The van der Waals surface area contributed by atoms with Gasteiger partial charge in [-0.25, -0.2) is 4.98 Å². The Kier molecular flexibility index (Phi) is 5.18. The Balaban J connectivity index is 1.70. The highest BCUT2D eigenvalue weighted by atomic mass is 35.5. The molecule has 0 atom stereocenters. The van der Waals surface area contributed by atoms with E-state index in [1.807, 2.05) is 32.9 Å². The minimum Gasteiger partial charge on any atom is -0.436 e. The van der Waals surface area contributed by atoms with Gasteiger partial charge >= 0.3 is 0 Å². The summed E-state index contributed by atoms with van der Waals surface area (Å²) in [5.41, 5.74) is 4.49. The van der Waals surface area contributed by atoms with Gasteiger partial charge in [0.1, 0.15) is 12.1 Å². The number of benzene rings is 2.